The number of tetrazole rings is 1. The maximum Gasteiger partial charge on any atom is 0.204 e. The Morgan fingerprint density at radius 2 is 2.00 bits per heavy atom. The topological polar surface area (TPSA) is 72.9 Å². The van der Waals surface area contributed by atoms with E-state index in [1.807, 2.05) is 25.1 Å². The van der Waals surface area contributed by atoms with Crippen molar-refractivity contribution in [2.75, 3.05) is 6.61 Å². The minimum Gasteiger partial charge on any atom is -0.490 e. The Kier molecular flexibility index (Phi) is 5.98. The number of nitrogens with zero attached hydrogens (tertiary/aromatic N) is 3. The van der Waals surface area contributed by atoms with Gasteiger partial charge in [-0.1, -0.05) is 29.3 Å². The van der Waals surface area contributed by atoms with E-state index in [0.717, 1.165) is 14.7 Å². The number of ether oxygens (including phenoxy) is 2. The van der Waals surface area contributed by atoms with Gasteiger partial charge in [-0.25, -0.2) is 0 Å². The molecule has 1 aromatic heterocycles. The third-order valence-electron chi connectivity index (χ3n) is 3.30. The summed E-state index contributed by atoms with van der Waals surface area (Å²) in [6.07, 6.45) is 0. The van der Waals surface area contributed by atoms with Crippen LogP contribution in [0.4, 0.5) is 0 Å². The van der Waals surface area contributed by atoms with Crippen molar-refractivity contribution in [2.45, 2.75) is 13.5 Å². The van der Waals surface area contributed by atoms with E-state index in [1.54, 1.807) is 12.1 Å². The van der Waals surface area contributed by atoms with Crippen LogP contribution >= 0.6 is 45.8 Å². The van der Waals surface area contributed by atoms with Crippen molar-refractivity contribution in [3.63, 3.8) is 0 Å². The summed E-state index contributed by atoms with van der Waals surface area (Å²) < 4.78 is 12.6. The number of aromatic nitrogens is 4. The average molecular weight is 491 g/mol. The Balaban J connectivity index is 1.89. The second-order valence-corrected chi connectivity index (χ2v) is 6.98. The van der Waals surface area contributed by atoms with Gasteiger partial charge in [0.05, 0.1) is 10.2 Å². The average Bonchev–Trinajstić information content (AvgIpc) is 3.10. The molecule has 25 heavy (non-hydrogen) atoms. The van der Waals surface area contributed by atoms with Gasteiger partial charge >= 0.3 is 0 Å². The Bertz CT molecular complexity index is 875. The second-order valence-electron chi connectivity index (χ2n) is 4.98. The van der Waals surface area contributed by atoms with Gasteiger partial charge in [-0.2, -0.15) is 5.21 Å². The summed E-state index contributed by atoms with van der Waals surface area (Å²) >= 11 is 14.3. The van der Waals surface area contributed by atoms with Gasteiger partial charge in [-0.15, -0.1) is 10.2 Å². The van der Waals surface area contributed by atoms with Crippen LogP contribution in [0.1, 0.15) is 12.5 Å². The van der Waals surface area contributed by atoms with Crippen LogP contribution in [0.2, 0.25) is 10.0 Å². The van der Waals surface area contributed by atoms with Crippen molar-refractivity contribution >= 4 is 45.8 Å². The van der Waals surface area contributed by atoms with Crippen LogP contribution in [0.15, 0.2) is 30.3 Å². The number of halogens is 3. The summed E-state index contributed by atoms with van der Waals surface area (Å²) in [7, 11) is 0. The molecular weight excluding hydrogens is 478 g/mol. The van der Waals surface area contributed by atoms with Crippen molar-refractivity contribution in [2.24, 2.45) is 0 Å². The van der Waals surface area contributed by atoms with Crippen LogP contribution < -0.4 is 9.47 Å². The highest BCUT2D eigenvalue weighted by molar-refractivity contribution is 14.1. The largest absolute Gasteiger partial charge is 0.490 e. The molecule has 6 nitrogen and oxygen atoms in total. The lowest BCUT2D eigenvalue weighted by atomic mass is 10.2. The highest BCUT2D eigenvalue weighted by Crippen LogP contribution is 2.37. The molecule has 3 rings (SSSR count). The van der Waals surface area contributed by atoms with Gasteiger partial charge in [0.15, 0.2) is 11.5 Å². The summed E-state index contributed by atoms with van der Waals surface area (Å²) in [5.74, 6) is 1.74. The Morgan fingerprint density at radius 3 is 2.68 bits per heavy atom. The molecule has 3 aromatic rings. The van der Waals surface area contributed by atoms with Crippen LogP contribution in [0.25, 0.3) is 11.4 Å². The molecule has 0 radical (unpaired) electrons. The highest BCUT2D eigenvalue weighted by Gasteiger charge is 2.16. The molecule has 0 bridgehead atoms. The molecule has 0 atom stereocenters. The molecule has 0 saturated carbocycles. The molecule has 0 aliphatic heterocycles. The van der Waals surface area contributed by atoms with Crippen LogP contribution in [0.3, 0.4) is 0 Å². The lowest BCUT2D eigenvalue weighted by Crippen LogP contribution is -2.02. The minimum atomic E-state index is 0.299. The molecule has 2 aromatic carbocycles. The SMILES string of the molecule is CCOc1cc(-c2nn[nH]n2)cc(I)c1OCc1ccc(Cl)cc1Cl. The first-order chi connectivity index (χ1) is 12.1. The van der Waals surface area contributed by atoms with E-state index < -0.39 is 0 Å². The first-order valence-corrected chi connectivity index (χ1v) is 9.19. The minimum absolute atomic E-state index is 0.299. The Labute approximate surface area is 168 Å². The van der Waals surface area contributed by atoms with Gasteiger partial charge in [0.25, 0.3) is 0 Å². The molecule has 0 saturated heterocycles. The molecular formula is C16H13Cl2IN4O2. The smallest absolute Gasteiger partial charge is 0.204 e. The Hall–Kier alpha value is -1.58. The number of hydrogen-bond acceptors (Lipinski definition) is 5. The van der Waals surface area contributed by atoms with Crippen LogP contribution in [0, 0.1) is 3.57 Å². The molecule has 130 valence electrons. The van der Waals surface area contributed by atoms with Gasteiger partial charge in [-0.05, 0) is 59.0 Å². The molecule has 1 N–H and O–H groups in total. The van der Waals surface area contributed by atoms with E-state index >= 15 is 0 Å². The summed E-state index contributed by atoms with van der Waals surface area (Å²) in [5, 5.41) is 15.2. The summed E-state index contributed by atoms with van der Waals surface area (Å²) in [6.45, 7) is 2.71. The number of benzene rings is 2. The van der Waals surface area contributed by atoms with Gasteiger partial charge in [0, 0.05) is 21.2 Å². The Morgan fingerprint density at radius 1 is 1.16 bits per heavy atom. The normalized spacial score (nSPS) is 10.7. The fraction of sp³-hybridized carbons (Fsp3) is 0.188. The van der Waals surface area contributed by atoms with Crippen molar-refractivity contribution < 1.29 is 9.47 Å². The van der Waals surface area contributed by atoms with Crippen LogP contribution in [-0.2, 0) is 6.61 Å². The first kappa shape index (κ1) is 18.2. The maximum absolute atomic E-state index is 6.20. The fourth-order valence-corrected chi connectivity index (χ4v) is 3.39. The maximum atomic E-state index is 6.20. The number of hydrogen-bond donors (Lipinski definition) is 1. The van der Waals surface area contributed by atoms with E-state index in [2.05, 4.69) is 43.2 Å². The lowest BCUT2D eigenvalue weighted by molar-refractivity contribution is 0.267. The molecule has 1 heterocycles. The van der Waals surface area contributed by atoms with E-state index in [0.29, 0.717) is 40.6 Å². The third-order valence-corrected chi connectivity index (χ3v) is 4.69. The second kappa shape index (κ2) is 8.20. The van der Waals surface area contributed by atoms with Crippen molar-refractivity contribution in [3.05, 3.63) is 49.5 Å². The van der Waals surface area contributed by atoms with Gasteiger partial charge in [0.2, 0.25) is 5.82 Å². The van der Waals surface area contributed by atoms with E-state index in [4.69, 9.17) is 32.7 Å². The number of aromatic amines is 1. The van der Waals surface area contributed by atoms with E-state index in [9.17, 15) is 0 Å². The molecule has 0 aliphatic rings. The zero-order valence-corrected chi connectivity index (χ0v) is 16.8. The van der Waals surface area contributed by atoms with Crippen LogP contribution in [-0.4, -0.2) is 27.2 Å². The van der Waals surface area contributed by atoms with E-state index in [1.165, 1.54) is 0 Å². The summed E-state index contributed by atoms with van der Waals surface area (Å²) in [4.78, 5) is 0. The van der Waals surface area contributed by atoms with Crippen molar-refractivity contribution in [3.8, 4) is 22.9 Å². The number of nitrogens with one attached hydrogen (secondary N) is 1. The van der Waals surface area contributed by atoms with Crippen molar-refractivity contribution in [1.29, 1.82) is 0 Å². The first-order valence-electron chi connectivity index (χ1n) is 7.35. The molecule has 0 unspecified atom stereocenters. The van der Waals surface area contributed by atoms with Gasteiger partial charge in [-0.3, -0.25) is 0 Å². The predicted octanol–water partition coefficient (Wildman–Crippen LogP) is 4.76. The molecule has 9 heteroatoms. The lowest BCUT2D eigenvalue weighted by Gasteiger charge is -2.15. The third kappa shape index (κ3) is 4.34. The van der Waals surface area contributed by atoms with Crippen molar-refractivity contribution in [1.82, 2.24) is 20.6 Å². The van der Waals surface area contributed by atoms with E-state index in [-0.39, 0.29) is 0 Å². The quantitative estimate of drug-likeness (QED) is 0.504. The predicted molar refractivity (Wildman–Crippen MR) is 104 cm³/mol. The molecule has 0 amide bonds. The standard InChI is InChI=1S/C16H13Cl2IN4O2/c1-2-24-14-6-10(16-20-22-23-21-16)5-13(19)15(14)25-8-9-3-4-11(17)7-12(9)18/h3-7H,2,8H2,1H3,(H,20,21,22,23). The monoisotopic (exact) mass is 490 g/mol. The number of H-pyrrole nitrogens is 1. The zero-order valence-electron chi connectivity index (χ0n) is 13.1. The van der Waals surface area contributed by atoms with Gasteiger partial charge in [0.1, 0.15) is 6.61 Å². The number of rotatable bonds is 6. The molecule has 0 fully saturated rings. The van der Waals surface area contributed by atoms with Gasteiger partial charge < -0.3 is 9.47 Å². The molecule has 0 spiro atoms. The molecule has 0 aliphatic carbocycles. The fourth-order valence-electron chi connectivity index (χ4n) is 2.17. The highest BCUT2D eigenvalue weighted by atomic mass is 127. The summed E-state index contributed by atoms with van der Waals surface area (Å²) in [6, 6.07) is 9.04. The van der Waals surface area contributed by atoms with Crippen LogP contribution in [0.5, 0.6) is 11.5 Å². The summed E-state index contributed by atoms with van der Waals surface area (Å²) in [5.41, 5.74) is 1.63. The zero-order chi connectivity index (χ0) is 17.8.